The van der Waals surface area contributed by atoms with Crippen molar-refractivity contribution >= 4 is 5.65 Å². The van der Waals surface area contributed by atoms with Crippen LogP contribution in [0.3, 0.4) is 0 Å². The standard InChI is InChI=1S/C24H30N4/c1-18-6-4-9-23-26-24(21-11-10-19-7-2-3-8-20(19)16-21)22(28(18)23)17-27-14-5-12-25-13-15-27/h4,6,9-11,16,25H,2-3,5,7-8,12-15,17H2,1H3. The van der Waals surface area contributed by atoms with Crippen molar-refractivity contribution in [3.8, 4) is 11.3 Å². The molecule has 1 fully saturated rings. The van der Waals surface area contributed by atoms with Gasteiger partial charge >= 0.3 is 0 Å². The van der Waals surface area contributed by atoms with E-state index in [1.165, 1.54) is 65.9 Å². The van der Waals surface area contributed by atoms with Gasteiger partial charge in [0.05, 0.1) is 11.4 Å². The molecule has 0 spiro atoms. The maximum absolute atomic E-state index is 5.10. The minimum absolute atomic E-state index is 0.958. The topological polar surface area (TPSA) is 32.6 Å². The summed E-state index contributed by atoms with van der Waals surface area (Å²) < 4.78 is 2.37. The predicted molar refractivity (Wildman–Crippen MR) is 115 cm³/mol. The molecule has 3 heterocycles. The molecule has 0 radical (unpaired) electrons. The van der Waals surface area contributed by atoms with Gasteiger partial charge in [-0.25, -0.2) is 4.98 Å². The Morgan fingerprint density at radius 1 is 0.964 bits per heavy atom. The highest BCUT2D eigenvalue weighted by Gasteiger charge is 2.20. The molecule has 0 atom stereocenters. The molecule has 1 saturated heterocycles. The highest BCUT2D eigenvalue weighted by molar-refractivity contribution is 5.68. The van der Waals surface area contributed by atoms with Gasteiger partial charge in [-0.15, -0.1) is 0 Å². The molecule has 2 aliphatic rings. The molecule has 1 N–H and O–H groups in total. The lowest BCUT2D eigenvalue weighted by atomic mass is 9.90. The molecule has 0 amide bonds. The zero-order chi connectivity index (χ0) is 18.9. The van der Waals surface area contributed by atoms with Crippen molar-refractivity contribution < 1.29 is 0 Å². The second-order valence-electron chi connectivity index (χ2n) is 8.34. The number of benzene rings is 1. The van der Waals surface area contributed by atoms with Crippen LogP contribution in [0.15, 0.2) is 36.4 Å². The fourth-order valence-electron chi connectivity index (χ4n) is 4.86. The normalized spacial score (nSPS) is 18.2. The Labute approximate surface area is 167 Å². The number of fused-ring (bicyclic) bond motifs is 2. The first-order valence-corrected chi connectivity index (χ1v) is 10.8. The fourth-order valence-corrected chi connectivity index (χ4v) is 4.86. The summed E-state index contributed by atoms with van der Waals surface area (Å²) in [6, 6.07) is 13.5. The second-order valence-corrected chi connectivity index (χ2v) is 8.34. The molecule has 4 heteroatoms. The van der Waals surface area contributed by atoms with E-state index in [1.54, 1.807) is 0 Å². The molecule has 146 valence electrons. The fraction of sp³-hybridized carbons (Fsp3) is 0.458. The summed E-state index contributed by atoms with van der Waals surface area (Å²) in [5.74, 6) is 0. The summed E-state index contributed by atoms with van der Waals surface area (Å²) in [5.41, 5.74) is 9.18. The van der Waals surface area contributed by atoms with E-state index in [9.17, 15) is 0 Å². The Hall–Kier alpha value is -2.17. The van der Waals surface area contributed by atoms with Crippen molar-refractivity contribution in [1.29, 1.82) is 0 Å². The van der Waals surface area contributed by atoms with E-state index in [1.807, 2.05) is 0 Å². The van der Waals surface area contributed by atoms with Crippen molar-refractivity contribution in [1.82, 2.24) is 19.6 Å². The van der Waals surface area contributed by atoms with Crippen molar-refractivity contribution in [3.63, 3.8) is 0 Å². The van der Waals surface area contributed by atoms with Gasteiger partial charge in [-0.1, -0.05) is 18.2 Å². The quantitative estimate of drug-likeness (QED) is 0.753. The maximum atomic E-state index is 5.10. The molecule has 2 aromatic heterocycles. The molecule has 0 unspecified atom stereocenters. The summed E-state index contributed by atoms with van der Waals surface area (Å²) in [5, 5.41) is 3.52. The zero-order valence-corrected chi connectivity index (χ0v) is 16.9. The first-order chi connectivity index (χ1) is 13.8. The van der Waals surface area contributed by atoms with Gasteiger partial charge in [-0.05, 0) is 81.4 Å². The molecular weight excluding hydrogens is 344 g/mol. The number of pyridine rings is 1. The van der Waals surface area contributed by atoms with Crippen LogP contribution in [0.25, 0.3) is 16.9 Å². The van der Waals surface area contributed by atoms with Crippen molar-refractivity contribution in [2.24, 2.45) is 0 Å². The summed E-state index contributed by atoms with van der Waals surface area (Å²) in [6.07, 6.45) is 6.29. The average molecular weight is 375 g/mol. The summed E-state index contributed by atoms with van der Waals surface area (Å²) in [6.45, 7) is 7.60. The Morgan fingerprint density at radius 2 is 1.86 bits per heavy atom. The number of nitrogens with one attached hydrogen (secondary N) is 1. The molecule has 5 rings (SSSR count). The summed E-state index contributed by atoms with van der Waals surface area (Å²) in [4.78, 5) is 7.68. The third-order valence-corrected chi connectivity index (χ3v) is 6.36. The molecule has 1 aliphatic carbocycles. The molecule has 0 saturated carbocycles. The lowest BCUT2D eigenvalue weighted by Gasteiger charge is -2.21. The summed E-state index contributed by atoms with van der Waals surface area (Å²) >= 11 is 0. The molecular formula is C24H30N4. The number of hydrogen-bond acceptors (Lipinski definition) is 3. The van der Waals surface area contributed by atoms with Crippen LogP contribution in [-0.4, -0.2) is 40.5 Å². The van der Waals surface area contributed by atoms with Crippen molar-refractivity contribution in [2.75, 3.05) is 26.2 Å². The largest absolute Gasteiger partial charge is 0.315 e. The van der Waals surface area contributed by atoms with Crippen LogP contribution in [0.5, 0.6) is 0 Å². The lowest BCUT2D eigenvalue weighted by molar-refractivity contribution is 0.280. The lowest BCUT2D eigenvalue weighted by Crippen LogP contribution is -2.28. The van der Waals surface area contributed by atoms with Gasteiger partial charge in [0.25, 0.3) is 0 Å². The van der Waals surface area contributed by atoms with Gasteiger partial charge in [0, 0.05) is 30.9 Å². The molecule has 1 aliphatic heterocycles. The summed E-state index contributed by atoms with van der Waals surface area (Å²) in [7, 11) is 0. The van der Waals surface area contributed by atoms with Crippen LogP contribution in [0.4, 0.5) is 0 Å². The van der Waals surface area contributed by atoms with Crippen LogP contribution < -0.4 is 5.32 Å². The Balaban J connectivity index is 1.60. The Bertz CT molecular complexity index is 980. The Morgan fingerprint density at radius 3 is 2.79 bits per heavy atom. The Kier molecular flexibility index (Phi) is 4.91. The van der Waals surface area contributed by atoms with Gasteiger partial charge < -0.3 is 5.32 Å². The van der Waals surface area contributed by atoms with Gasteiger partial charge in [0.2, 0.25) is 0 Å². The van der Waals surface area contributed by atoms with E-state index in [0.29, 0.717) is 0 Å². The second kappa shape index (κ2) is 7.69. The van der Waals surface area contributed by atoms with Crippen molar-refractivity contribution in [3.05, 3.63) is 58.9 Å². The van der Waals surface area contributed by atoms with E-state index in [2.05, 4.69) is 57.9 Å². The van der Waals surface area contributed by atoms with E-state index in [-0.39, 0.29) is 0 Å². The van der Waals surface area contributed by atoms with Gasteiger partial charge in [-0.3, -0.25) is 9.30 Å². The van der Waals surface area contributed by atoms with Crippen LogP contribution >= 0.6 is 0 Å². The maximum Gasteiger partial charge on any atom is 0.137 e. The monoisotopic (exact) mass is 374 g/mol. The van der Waals surface area contributed by atoms with Crippen LogP contribution in [0.1, 0.15) is 41.8 Å². The number of aryl methyl sites for hydroxylation is 3. The number of hydrogen-bond donors (Lipinski definition) is 1. The number of rotatable bonds is 3. The van der Waals surface area contributed by atoms with Gasteiger partial charge in [-0.2, -0.15) is 0 Å². The molecule has 3 aromatic rings. The number of aromatic nitrogens is 2. The van der Waals surface area contributed by atoms with Crippen LogP contribution in [-0.2, 0) is 19.4 Å². The van der Waals surface area contributed by atoms with Gasteiger partial charge in [0.15, 0.2) is 0 Å². The van der Waals surface area contributed by atoms with Crippen molar-refractivity contribution in [2.45, 2.75) is 45.6 Å². The molecule has 1 aromatic carbocycles. The average Bonchev–Trinajstić information content (AvgIpc) is 2.90. The molecule has 4 nitrogen and oxygen atoms in total. The van der Waals surface area contributed by atoms with E-state index in [4.69, 9.17) is 4.98 Å². The highest BCUT2D eigenvalue weighted by Crippen LogP contribution is 2.31. The third kappa shape index (κ3) is 3.36. The molecule has 0 bridgehead atoms. The third-order valence-electron chi connectivity index (χ3n) is 6.36. The first kappa shape index (κ1) is 17.9. The smallest absolute Gasteiger partial charge is 0.137 e. The minimum Gasteiger partial charge on any atom is -0.315 e. The number of imidazole rings is 1. The predicted octanol–water partition coefficient (Wildman–Crippen LogP) is 3.98. The van der Waals surface area contributed by atoms with E-state index < -0.39 is 0 Å². The highest BCUT2D eigenvalue weighted by atomic mass is 15.2. The SMILES string of the molecule is Cc1cccc2nc(-c3ccc4c(c3)CCCC4)c(CN3CCCNCC3)n12. The van der Waals surface area contributed by atoms with E-state index >= 15 is 0 Å². The zero-order valence-electron chi connectivity index (χ0n) is 16.9. The van der Waals surface area contributed by atoms with Gasteiger partial charge in [0.1, 0.15) is 5.65 Å². The van der Waals surface area contributed by atoms with Crippen LogP contribution in [0.2, 0.25) is 0 Å². The first-order valence-electron chi connectivity index (χ1n) is 10.8. The molecule has 28 heavy (non-hydrogen) atoms. The van der Waals surface area contributed by atoms with E-state index in [0.717, 1.165) is 38.4 Å². The number of nitrogens with zero attached hydrogens (tertiary/aromatic N) is 3. The van der Waals surface area contributed by atoms with Crippen LogP contribution in [0, 0.1) is 6.92 Å². The minimum atomic E-state index is 0.958.